The summed E-state index contributed by atoms with van der Waals surface area (Å²) in [5, 5.41) is 8.98. The van der Waals surface area contributed by atoms with Crippen molar-refractivity contribution in [1.29, 1.82) is 0 Å². The molecule has 2 aromatic heterocycles. The van der Waals surface area contributed by atoms with Gasteiger partial charge in [-0.1, -0.05) is 90.4 Å². The summed E-state index contributed by atoms with van der Waals surface area (Å²) in [6.07, 6.45) is 7.13. The Morgan fingerprint density at radius 2 is 1.67 bits per heavy atom. The zero-order valence-corrected chi connectivity index (χ0v) is 34.3. The second-order valence-electron chi connectivity index (χ2n) is 14.2. The summed E-state index contributed by atoms with van der Waals surface area (Å²) >= 11 is 19.4. The molecule has 0 bridgehead atoms. The van der Waals surface area contributed by atoms with Crippen molar-refractivity contribution < 1.29 is 9.53 Å². The molecule has 1 aliphatic heterocycles. The molecule has 0 saturated carbocycles. The monoisotopic (exact) mass is 798 g/mol. The summed E-state index contributed by atoms with van der Waals surface area (Å²) in [4.78, 5) is 26.9. The average molecular weight is 800 g/mol. The van der Waals surface area contributed by atoms with Crippen LogP contribution in [0.1, 0.15) is 67.7 Å². The molecular weight excluding hydrogens is 751 g/mol. The normalized spacial score (nSPS) is 13.7. The summed E-state index contributed by atoms with van der Waals surface area (Å²) in [5.41, 5.74) is 6.04. The molecule has 11 heteroatoms. The molecule has 0 radical (unpaired) electrons. The molecule has 1 saturated heterocycles. The van der Waals surface area contributed by atoms with E-state index in [4.69, 9.17) is 44.5 Å². The van der Waals surface area contributed by atoms with Crippen LogP contribution in [-0.2, 0) is 11.3 Å². The van der Waals surface area contributed by atoms with Gasteiger partial charge in [0.15, 0.2) is 5.82 Å². The Morgan fingerprint density at radius 3 is 2.31 bits per heavy atom. The van der Waals surface area contributed by atoms with Crippen LogP contribution >= 0.6 is 34.8 Å². The number of anilines is 2. The Morgan fingerprint density at radius 1 is 1.00 bits per heavy atom. The molecule has 0 aliphatic carbocycles. The first-order valence-corrected chi connectivity index (χ1v) is 19.3. The van der Waals surface area contributed by atoms with Crippen LogP contribution in [0, 0.1) is 0 Å². The number of methoxy groups -OCH3 is 1. The highest BCUT2D eigenvalue weighted by Gasteiger charge is 2.28. The van der Waals surface area contributed by atoms with Crippen LogP contribution in [0.2, 0.25) is 15.1 Å². The maximum Gasteiger partial charge on any atom is 0.272 e. The summed E-state index contributed by atoms with van der Waals surface area (Å²) in [5.74, 6) is 0.418. The quantitative estimate of drug-likeness (QED) is 0.123. The Kier molecular flexibility index (Phi) is 14.1. The predicted octanol–water partition coefficient (Wildman–Crippen LogP) is 11.4. The number of fused-ring (bicyclic) bond motifs is 1. The van der Waals surface area contributed by atoms with E-state index in [1.165, 1.54) is 0 Å². The summed E-state index contributed by atoms with van der Waals surface area (Å²) < 4.78 is 4.94. The first-order valence-electron chi connectivity index (χ1n) is 18.2. The number of hydrogen-bond acceptors (Lipinski definition) is 6. The zero-order valence-electron chi connectivity index (χ0n) is 32.1. The molecule has 3 N–H and O–H groups in total. The molecule has 5 aromatic rings. The number of aromatic nitrogens is 2. The lowest BCUT2D eigenvalue weighted by Gasteiger charge is -2.33. The number of ether oxygens (including phenoxy) is 1. The van der Waals surface area contributed by atoms with Gasteiger partial charge in [0.2, 0.25) is 0 Å². The van der Waals surface area contributed by atoms with Crippen LogP contribution in [0.4, 0.5) is 11.5 Å². The van der Waals surface area contributed by atoms with Gasteiger partial charge >= 0.3 is 0 Å². The smallest absolute Gasteiger partial charge is 0.272 e. The van der Waals surface area contributed by atoms with E-state index in [2.05, 4.69) is 33.7 Å². The highest BCUT2D eigenvalue weighted by Crippen LogP contribution is 2.39. The van der Waals surface area contributed by atoms with E-state index in [1.807, 2.05) is 105 Å². The number of benzene rings is 3. The number of carbonyl (C=O) groups is 1. The van der Waals surface area contributed by atoms with E-state index in [-0.39, 0.29) is 11.5 Å². The summed E-state index contributed by atoms with van der Waals surface area (Å²) in [7, 11) is 1.71. The second kappa shape index (κ2) is 18.7. The van der Waals surface area contributed by atoms with Gasteiger partial charge in [0, 0.05) is 70.5 Å². The number of nitrogens with one attached hydrogen (secondary N) is 3. The molecule has 1 amide bonds. The van der Waals surface area contributed by atoms with E-state index >= 15 is 0 Å². The van der Waals surface area contributed by atoms with Gasteiger partial charge in [-0.25, -0.2) is 4.98 Å². The standard InChI is InChI=1S/C39H37Cl3N6O.C5H12O/c1-4-43-30-17-20-48(21-18-30)38-33(12-9-19-44-38)46-39(49)36-35(31-16-15-29(41)23-34(31)45-36)37(25(3)26-10-7-6-8-11-26)47(5-2)24-27-13-14-28(40)22-32(27)42;1-5(2,3)6-4/h4-16,19,22-23,30,43,45H,1-2,17-18,20-21,24H2,3H3,(H,46,49);1-4H3/b37-25+;. The Bertz CT molecular complexity index is 2150. The van der Waals surface area contributed by atoms with Gasteiger partial charge in [-0.3, -0.25) is 4.79 Å². The van der Waals surface area contributed by atoms with Gasteiger partial charge in [0.1, 0.15) is 5.69 Å². The Labute approximate surface area is 339 Å². The van der Waals surface area contributed by atoms with Crippen molar-refractivity contribution in [3.8, 4) is 0 Å². The zero-order chi connectivity index (χ0) is 39.7. The number of halogens is 3. The Hall–Kier alpha value is -4.73. The first-order chi connectivity index (χ1) is 26.3. The van der Waals surface area contributed by atoms with Gasteiger partial charge < -0.3 is 30.2 Å². The molecule has 1 aliphatic rings. The lowest BCUT2D eigenvalue weighted by molar-refractivity contribution is 0.0397. The highest BCUT2D eigenvalue weighted by atomic mass is 35.5. The lowest BCUT2D eigenvalue weighted by atomic mass is 9.96. The third-order valence-electron chi connectivity index (χ3n) is 9.45. The number of aromatic amines is 1. The minimum atomic E-state index is -0.313. The minimum Gasteiger partial charge on any atom is -0.388 e. The number of allylic oxidation sites excluding steroid dienone is 1. The van der Waals surface area contributed by atoms with E-state index in [0.717, 1.165) is 65.0 Å². The number of piperidine rings is 1. The number of H-pyrrole nitrogens is 1. The average Bonchev–Trinajstić information content (AvgIpc) is 3.54. The molecule has 0 atom stereocenters. The molecule has 55 heavy (non-hydrogen) atoms. The van der Waals surface area contributed by atoms with Crippen molar-refractivity contribution in [3.05, 3.63) is 148 Å². The SMILES string of the molecule is C=CNC1CCN(c2ncccc2NC(=O)c2[nH]c3cc(Cl)ccc3c2/C(=C(/C)c2ccccc2)N(C=C)Cc2ccc(Cl)cc2Cl)CC1.COC(C)(C)C. The molecule has 6 rings (SSSR count). The fourth-order valence-electron chi connectivity index (χ4n) is 6.38. The number of amides is 1. The molecule has 288 valence electrons. The molecule has 8 nitrogen and oxygen atoms in total. The largest absolute Gasteiger partial charge is 0.388 e. The van der Waals surface area contributed by atoms with Crippen LogP contribution in [0.25, 0.3) is 22.2 Å². The fraction of sp³-hybridized carbons (Fsp3) is 0.273. The number of pyridine rings is 1. The molecular formula is C44H49Cl3N6O2. The lowest BCUT2D eigenvalue weighted by Crippen LogP contribution is -2.41. The highest BCUT2D eigenvalue weighted by molar-refractivity contribution is 6.35. The molecule has 1 fully saturated rings. The van der Waals surface area contributed by atoms with Crippen molar-refractivity contribution in [1.82, 2.24) is 20.2 Å². The van der Waals surface area contributed by atoms with Crippen LogP contribution < -0.4 is 15.5 Å². The number of hydrogen-bond donors (Lipinski definition) is 3. The van der Waals surface area contributed by atoms with E-state index in [0.29, 0.717) is 44.6 Å². The molecule has 0 spiro atoms. The number of nitrogens with zero attached hydrogens (tertiary/aromatic N) is 3. The predicted molar refractivity (Wildman–Crippen MR) is 232 cm³/mol. The van der Waals surface area contributed by atoms with E-state index in [1.54, 1.807) is 31.8 Å². The van der Waals surface area contributed by atoms with Crippen molar-refractivity contribution in [2.75, 3.05) is 30.4 Å². The molecule has 3 heterocycles. The van der Waals surface area contributed by atoms with Gasteiger partial charge in [-0.15, -0.1) is 0 Å². The topological polar surface area (TPSA) is 85.5 Å². The van der Waals surface area contributed by atoms with Crippen LogP contribution in [0.3, 0.4) is 0 Å². The van der Waals surface area contributed by atoms with Gasteiger partial charge in [-0.2, -0.15) is 0 Å². The van der Waals surface area contributed by atoms with Crippen molar-refractivity contribution in [2.24, 2.45) is 0 Å². The minimum absolute atomic E-state index is 0.0417. The summed E-state index contributed by atoms with van der Waals surface area (Å²) in [6, 6.07) is 25.2. The van der Waals surface area contributed by atoms with Crippen molar-refractivity contribution in [2.45, 2.75) is 58.7 Å². The third-order valence-corrected chi connectivity index (χ3v) is 10.3. The maximum atomic E-state index is 14.5. The summed E-state index contributed by atoms with van der Waals surface area (Å²) in [6.45, 7) is 18.1. The van der Waals surface area contributed by atoms with Gasteiger partial charge in [-0.05, 0) is 106 Å². The van der Waals surface area contributed by atoms with Crippen molar-refractivity contribution >= 4 is 74.4 Å². The van der Waals surface area contributed by atoms with Gasteiger partial charge in [0.05, 0.1) is 17.0 Å². The van der Waals surface area contributed by atoms with E-state index < -0.39 is 0 Å². The molecule has 0 unspecified atom stereocenters. The second-order valence-corrected chi connectivity index (χ2v) is 15.5. The third kappa shape index (κ3) is 10.5. The number of carbonyl (C=O) groups excluding carboxylic acids is 1. The van der Waals surface area contributed by atoms with Crippen LogP contribution in [-0.4, -0.2) is 52.6 Å². The van der Waals surface area contributed by atoms with E-state index in [9.17, 15) is 4.79 Å². The maximum absolute atomic E-state index is 14.5. The fourth-order valence-corrected chi connectivity index (χ4v) is 7.02. The van der Waals surface area contributed by atoms with Gasteiger partial charge in [0.25, 0.3) is 5.91 Å². The first kappa shape index (κ1) is 41.4. The molecule has 3 aromatic carbocycles. The number of rotatable bonds is 11. The Balaban J connectivity index is 0.000000895. The van der Waals surface area contributed by atoms with Crippen LogP contribution in [0.15, 0.2) is 111 Å². The van der Waals surface area contributed by atoms with Crippen LogP contribution in [0.5, 0.6) is 0 Å². The van der Waals surface area contributed by atoms with Crippen molar-refractivity contribution in [3.63, 3.8) is 0 Å².